The van der Waals surface area contributed by atoms with Crippen molar-refractivity contribution >= 4 is 0 Å². The molecule has 1 unspecified atom stereocenters. The number of nitrogens with one attached hydrogen (secondary N) is 1. The Morgan fingerprint density at radius 3 is 2.64 bits per heavy atom. The third-order valence-corrected chi connectivity index (χ3v) is 1.90. The first-order valence-corrected chi connectivity index (χ1v) is 3.84. The normalized spacial score (nSPS) is 33.0. The Hall–Kier alpha value is -0.220. The Bertz CT molecular complexity index is 117. The highest BCUT2D eigenvalue weighted by molar-refractivity contribution is 4.85. The maximum Gasteiger partial charge on any atom is 0.117 e. The van der Waals surface area contributed by atoms with Gasteiger partial charge in [0, 0.05) is 12.6 Å². The Kier molecular flexibility index (Phi) is 3.20. The monoisotopic (exact) mass is 165 g/mol. The van der Waals surface area contributed by atoms with Crippen molar-refractivity contribution in [2.45, 2.75) is 31.2 Å². The summed E-state index contributed by atoms with van der Waals surface area (Å²) in [6.07, 6.45) is -0.637. The van der Waals surface area contributed by atoms with Gasteiger partial charge in [0.2, 0.25) is 0 Å². The first-order chi connectivity index (χ1) is 5.22. The smallest absolute Gasteiger partial charge is 0.117 e. The summed E-state index contributed by atoms with van der Waals surface area (Å²) >= 11 is 0. The van der Waals surface area contributed by atoms with Gasteiger partial charge in [-0.25, -0.2) is 8.78 Å². The van der Waals surface area contributed by atoms with Crippen molar-refractivity contribution in [1.29, 1.82) is 0 Å². The number of halogens is 2. The van der Waals surface area contributed by atoms with Crippen molar-refractivity contribution in [3.8, 4) is 0 Å². The largest absolute Gasteiger partial charge is 0.389 e. The van der Waals surface area contributed by atoms with Crippen LogP contribution in [-0.2, 0) is 0 Å². The van der Waals surface area contributed by atoms with Gasteiger partial charge in [-0.2, -0.15) is 0 Å². The van der Waals surface area contributed by atoms with Crippen LogP contribution in [0, 0.1) is 0 Å². The zero-order chi connectivity index (χ0) is 8.27. The molecule has 11 heavy (non-hydrogen) atoms. The minimum atomic E-state index is -0.936. The lowest BCUT2D eigenvalue weighted by molar-refractivity contribution is 0.108. The predicted octanol–water partition coefficient (Wildman–Crippen LogP) is 0.407. The van der Waals surface area contributed by atoms with Crippen LogP contribution in [0.4, 0.5) is 8.78 Å². The van der Waals surface area contributed by atoms with E-state index < -0.39 is 19.0 Å². The van der Waals surface area contributed by atoms with Gasteiger partial charge in [0.15, 0.2) is 0 Å². The van der Waals surface area contributed by atoms with Crippen LogP contribution in [0.25, 0.3) is 0 Å². The molecule has 1 saturated carbocycles. The second kappa shape index (κ2) is 3.97. The molecule has 1 aliphatic carbocycles. The molecule has 0 saturated heterocycles. The summed E-state index contributed by atoms with van der Waals surface area (Å²) in [5.74, 6) is 0. The van der Waals surface area contributed by atoms with Crippen LogP contribution in [0.2, 0.25) is 0 Å². The van der Waals surface area contributed by atoms with E-state index in [1.54, 1.807) is 0 Å². The van der Waals surface area contributed by atoms with Crippen molar-refractivity contribution in [2.24, 2.45) is 0 Å². The molecule has 2 nitrogen and oxygen atoms in total. The molecule has 0 heterocycles. The SMILES string of the molecule is OC(CF)CNC1CC(F)C1. The molecule has 0 aromatic heterocycles. The van der Waals surface area contributed by atoms with Gasteiger partial charge in [0.25, 0.3) is 0 Å². The highest BCUT2D eigenvalue weighted by Gasteiger charge is 2.28. The molecular weight excluding hydrogens is 152 g/mol. The van der Waals surface area contributed by atoms with E-state index in [0.29, 0.717) is 12.8 Å². The first-order valence-electron chi connectivity index (χ1n) is 3.84. The molecule has 1 fully saturated rings. The Balaban J connectivity index is 1.96. The third kappa shape index (κ3) is 2.71. The number of rotatable bonds is 4. The van der Waals surface area contributed by atoms with Crippen LogP contribution in [0.3, 0.4) is 0 Å². The molecule has 0 amide bonds. The van der Waals surface area contributed by atoms with Gasteiger partial charge in [-0.05, 0) is 12.8 Å². The minimum absolute atomic E-state index is 0.145. The summed E-state index contributed by atoms with van der Waals surface area (Å²) < 4.78 is 23.9. The summed E-state index contributed by atoms with van der Waals surface area (Å²) in [6.45, 7) is -0.507. The average molecular weight is 165 g/mol. The number of aliphatic hydroxyl groups excluding tert-OH is 1. The van der Waals surface area contributed by atoms with E-state index in [-0.39, 0.29) is 12.6 Å². The topological polar surface area (TPSA) is 32.3 Å². The van der Waals surface area contributed by atoms with Crippen molar-refractivity contribution < 1.29 is 13.9 Å². The molecule has 0 aliphatic heterocycles. The maximum atomic E-state index is 12.2. The third-order valence-electron chi connectivity index (χ3n) is 1.90. The van der Waals surface area contributed by atoms with Crippen LogP contribution >= 0.6 is 0 Å². The lowest BCUT2D eigenvalue weighted by Crippen LogP contribution is -2.45. The number of aliphatic hydroxyl groups is 1. The minimum Gasteiger partial charge on any atom is -0.389 e. The molecule has 66 valence electrons. The standard InChI is InChI=1S/C7H13F2NO/c8-3-7(11)4-10-6-1-5(9)2-6/h5-7,10-11H,1-4H2. The maximum absolute atomic E-state index is 12.2. The molecule has 0 radical (unpaired) electrons. The summed E-state index contributed by atoms with van der Waals surface area (Å²) in [7, 11) is 0. The Morgan fingerprint density at radius 2 is 2.18 bits per heavy atom. The van der Waals surface area contributed by atoms with Gasteiger partial charge in [-0.15, -0.1) is 0 Å². The number of alkyl halides is 2. The quantitative estimate of drug-likeness (QED) is 0.632. The number of hydrogen-bond donors (Lipinski definition) is 2. The zero-order valence-electron chi connectivity index (χ0n) is 6.26. The summed E-state index contributed by atoms with van der Waals surface area (Å²) in [6, 6.07) is 0.145. The van der Waals surface area contributed by atoms with Crippen molar-refractivity contribution in [3.05, 3.63) is 0 Å². The second-order valence-corrected chi connectivity index (χ2v) is 2.98. The fourth-order valence-electron chi connectivity index (χ4n) is 1.07. The van der Waals surface area contributed by atoms with E-state index in [1.165, 1.54) is 0 Å². The van der Waals surface area contributed by atoms with Crippen LogP contribution in [-0.4, -0.2) is 36.6 Å². The molecule has 0 aromatic rings. The highest BCUT2D eigenvalue weighted by Crippen LogP contribution is 2.22. The van der Waals surface area contributed by atoms with Gasteiger partial charge in [0.1, 0.15) is 12.8 Å². The van der Waals surface area contributed by atoms with Gasteiger partial charge < -0.3 is 10.4 Å². The van der Waals surface area contributed by atoms with Crippen LogP contribution < -0.4 is 5.32 Å². The second-order valence-electron chi connectivity index (χ2n) is 2.98. The Morgan fingerprint density at radius 1 is 1.55 bits per heavy atom. The Labute approximate surface area is 64.6 Å². The molecule has 0 spiro atoms. The molecule has 4 heteroatoms. The van der Waals surface area contributed by atoms with E-state index in [0.717, 1.165) is 0 Å². The molecule has 1 rings (SSSR count). The van der Waals surface area contributed by atoms with Gasteiger partial charge in [0.05, 0.1) is 6.10 Å². The summed E-state index contributed by atoms with van der Waals surface area (Å²) in [4.78, 5) is 0. The van der Waals surface area contributed by atoms with Gasteiger partial charge >= 0.3 is 0 Å². The zero-order valence-corrected chi connectivity index (χ0v) is 6.26. The van der Waals surface area contributed by atoms with Crippen molar-refractivity contribution in [2.75, 3.05) is 13.2 Å². The van der Waals surface area contributed by atoms with E-state index in [9.17, 15) is 8.78 Å². The van der Waals surface area contributed by atoms with Crippen molar-refractivity contribution in [3.63, 3.8) is 0 Å². The molecule has 2 N–H and O–H groups in total. The molecule has 1 atom stereocenters. The van der Waals surface area contributed by atoms with Gasteiger partial charge in [-0.1, -0.05) is 0 Å². The van der Waals surface area contributed by atoms with E-state index in [1.807, 2.05) is 0 Å². The van der Waals surface area contributed by atoms with E-state index in [2.05, 4.69) is 5.32 Å². The summed E-state index contributed by atoms with van der Waals surface area (Å²) in [5.41, 5.74) is 0. The molecule has 1 aliphatic rings. The van der Waals surface area contributed by atoms with Crippen molar-refractivity contribution in [1.82, 2.24) is 5.32 Å². The lowest BCUT2D eigenvalue weighted by Gasteiger charge is -2.30. The molecule has 0 aromatic carbocycles. The van der Waals surface area contributed by atoms with Crippen LogP contribution in [0.5, 0.6) is 0 Å². The van der Waals surface area contributed by atoms with Crippen LogP contribution in [0.15, 0.2) is 0 Å². The first kappa shape index (κ1) is 8.87. The molecule has 0 bridgehead atoms. The van der Waals surface area contributed by atoms with Crippen LogP contribution in [0.1, 0.15) is 12.8 Å². The average Bonchev–Trinajstić information content (AvgIpc) is 1.95. The fraction of sp³-hybridized carbons (Fsp3) is 1.00. The van der Waals surface area contributed by atoms with Gasteiger partial charge in [-0.3, -0.25) is 0 Å². The fourth-order valence-corrected chi connectivity index (χ4v) is 1.07. The van der Waals surface area contributed by atoms with E-state index in [4.69, 9.17) is 5.11 Å². The van der Waals surface area contributed by atoms with E-state index >= 15 is 0 Å². The highest BCUT2D eigenvalue weighted by atomic mass is 19.1. The molecular formula is C7H13F2NO. The summed E-state index contributed by atoms with van der Waals surface area (Å²) in [5, 5.41) is 11.6. The predicted molar refractivity (Wildman–Crippen MR) is 37.9 cm³/mol. The lowest BCUT2D eigenvalue weighted by atomic mass is 9.91. The number of hydrogen-bond acceptors (Lipinski definition) is 2.